The van der Waals surface area contributed by atoms with Gasteiger partial charge in [0.15, 0.2) is 0 Å². The predicted molar refractivity (Wildman–Crippen MR) is 134 cm³/mol. The monoisotopic (exact) mass is 441 g/mol. The standard InChI is InChI=1S/C29H35N3O/c1-31-19-17-26(18-20-31)33-28-27-15-9-8-13-24(27)16-21-32-22-25(30-29(28)32)14-7-3-6-12-23-10-4-2-5-11-23/h2,4-5,7-11,13-15,22,26,28H,3,6,12,16-21H2,1H3/b14-7+. The Bertz CT molecular complexity index is 1060. The number of ether oxygens (including phenoxy) is 1. The van der Waals surface area contributed by atoms with E-state index < -0.39 is 0 Å². The SMILES string of the molecule is CN1CCC(OC2c3ccccc3CCn3cc(/C=C/CCCc4ccccc4)nc32)CC1. The summed E-state index contributed by atoms with van der Waals surface area (Å²) in [4.78, 5) is 7.46. The summed E-state index contributed by atoms with van der Waals surface area (Å²) >= 11 is 0. The maximum Gasteiger partial charge on any atom is 0.143 e. The molecule has 1 fully saturated rings. The molecular formula is C29H35N3O. The molecule has 2 aliphatic rings. The highest BCUT2D eigenvalue weighted by molar-refractivity contribution is 5.45. The van der Waals surface area contributed by atoms with Crippen molar-refractivity contribution in [3.8, 4) is 0 Å². The first-order valence-electron chi connectivity index (χ1n) is 12.5. The number of likely N-dealkylation sites (tertiary alicyclic amines) is 1. The lowest BCUT2D eigenvalue weighted by Gasteiger charge is -2.32. The number of hydrogen-bond donors (Lipinski definition) is 0. The molecule has 172 valence electrons. The maximum absolute atomic E-state index is 6.78. The molecule has 0 spiro atoms. The van der Waals surface area contributed by atoms with Gasteiger partial charge in [-0.1, -0.05) is 60.7 Å². The van der Waals surface area contributed by atoms with Gasteiger partial charge in [0.25, 0.3) is 0 Å². The zero-order chi connectivity index (χ0) is 22.5. The molecule has 1 unspecified atom stereocenters. The molecule has 1 atom stereocenters. The fourth-order valence-corrected chi connectivity index (χ4v) is 5.04. The summed E-state index contributed by atoms with van der Waals surface area (Å²) in [6.07, 6.45) is 13.4. The fraction of sp³-hybridized carbons (Fsp3) is 0.414. The van der Waals surface area contributed by atoms with Crippen LogP contribution in [0.25, 0.3) is 6.08 Å². The largest absolute Gasteiger partial charge is 0.362 e. The van der Waals surface area contributed by atoms with Crippen molar-refractivity contribution < 1.29 is 4.74 Å². The lowest BCUT2D eigenvalue weighted by Crippen LogP contribution is -2.35. The van der Waals surface area contributed by atoms with Crippen LogP contribution in [0.4, 0.5) is 0 Å². The minimum Gasteiger partial charge on any atom is -0.362 e. The van der Waals surface area contributed by atoms with Crippen molar-refractivity contribution >= 4 is 6.08 Å². The number of benzene rings is 2. The summed E-state index contributed by atoms with van der Waals surface area (Å²) in [6, 6.07) is 19.5. The van der Waals surface area contributed by atoms with Crippen LogP contribution in [0.5, 0.6) is 0 Å². The molecule has 4 heteroatoms. The van der Waals surface area contributed by atoms with Gasteiger partial charge in [0.1, 0.15) is 11.9 Å². The number of hydrogen-bond acceptors (Lipinski definition) is 3. The van der Waals surface area contributed by atoms with Gasteiger partial charge in [-0.15, -0.1) is 0 Å². The van der Waals surface area contributed by atoms with Crippen LogP contribution < -0.4 is 0 Å². The molecule has 2 aliphatic heterocycles. The highest BCUT2D eigenvalue weighted by atomic mass is 16.5. The second kappa shape index (κ2) is 10.5. The van der Waals surface area contributed by atoms with Gasteiger partial charge in [-0.2, -0.15) is 0 Å². The molecule has 0 aliphatic carbocycles. The van der Waals surface area contributed by atoms with E-state index in [4.69, 9.17) is 9.72 Å². The predicted octanol–water partition coefficient (Wildman–Crippen LogP) is 5.68. The van der Waals surface area contributed by atoms with Gasteiger partial charge in [-0.05, 0) is 68.3 Å². The Morgan fingerprint density at radius 2 is 1.79 bits per heavy atom. The normalized spacial score (nSPS) is 19.4. The van der Waals surface area contributed by atoms with Crippen LogP contribution in [-0.2, 0) is 24.1 Å². The van der Waals surface area contributed by atoms with Crippen LogP contribution in [0.3, 0.4) is 0 Å². The third-order valence-corrected chi connectivity index (χ3v) is 6.98. The number of unbranched alkanes of at least 4 members (excludes halogenated alkanes) is 1. The Morgan fingerprint density at radius 1 is 1.00 bits per heavy atom. The summed E-state index contributed by atoms with van der Waals surface area (Å²) in [7, 11) is 2.20. The van der Waals surface area contributed by atoms with Crippen molar-refractivity contribution in [3.63, 3.8) is 0 Å². The minimum atomic E-state index is -0.0858. The third-order valence-electron chi connectivity index (χ3n) is 6.98. The highest BCUT2D eigenvalue weighted by Crippen LogP contribution is 2.34. The summed E-state index contributed by atoms with van der Waals surface area (Å²) in [5.74, 6) is 1.06. The summed E-state index contributed by atoms with van der Waals surface area (Å²) < 4.78 is 9.11. The van der Waals surface area contributed by atoms with Gasteiger partial charge in [0.2, 0.25) is 0 Å². The molecular weight excluding hydrogens is 406 g/mol. The quantitative estimate of drug-likeness (QED) is 0.442. The van der Waals surface area contributed by atoms with E-state index in [0.29, 0.717) is 6.10 Å². The first kappa shape index (κ1) is 22.1. The molecule has 0 radical (unpaired) electrons. The number of aryl methyl sites for hydroxylation is 3. The Labute approximate surface area is 197 Å². The molecule has 3 heterocycles. The minimum absolute atomic E-state index is 0.0858. The fourth-order valence-electron chi connectivity index (χ4n) is 5.04. The lowest BCUT2D eigenvalue weighted by molar-refractivity contribution is -0.0275. The Hall–Kier alpha value is -2.69. The molecule has 2 aromatic carbocycles. The van der Waals surface area contributed by atoms with E-state index in [0.717, 1.165) is 69.7 Å². The number of piperidine rings is 1. The van der Waals surface area contributed by atoms with Crippen molar-refractivity contribution in [1.29, 1.82) is 0 Å². The number of allylic oxidation sites excluding steroid dienone is 1. The molecule has 0 N–H and O–H groups in total. The smallest absolute Gasteiger partial charge is 0.143 e. The molecule has 0 bridgehead atoms. The number of nitrogens with zero attached hydrogens (tertiary/aromatic N) is 3. The van der Waals surface area contributed by atoms with E-state index in [1.165, 1.54) is 16.7 Å². The van der Waals surface area contributed by atoms with E-state index >= 15 is 0 Å². The molecule has 4 nitrogen and oxygen atoms in total. The van der Waals surface area contributed by atoms with Crippen LogP contribution in [-0.4, -0.2) is 40.7 Å². The van der Waals surface area contributed by atoms with E-state index in [-0.39, 0.29) is 6.10 Å². The highest BCUT2D eigenvalue weighted by Gasteiger charge is 2.30. The maximum atomic E-state index is 6.78. The molecule has 1 saturated heterocycles. The first-order chi connectivity index (χ1) is 16.3. The zero-order valence-electron chi connectivity index (χ0n) is 19.7. The molecule has 33 heavy (non-hydrogen) atoms. The zero-order valence-corrected chi connectivity index (χ0v) is 19.7. The average Bonchev–Trinajstić information content (AvgIpc) is 3.20. The van der Waals surface area contributed by atoms with Gasteiger partial charge in [-0.3, -0.25) is 0 Å². The number of aromatic nitrogens is 2. The molecule has 1 aromatic heterocycles. The van der Waals surface area contributed by atoms with Gasteiger partial charge < -0.3 is 14.2 Å². The summed E-state index contributed by atoms with van der Waals surface area (Å²) in [5.41, 5.74) is 5.13. The lowest BCUT2D eigenvalue weighted by atomic mass is 10.00. The Kier molecular flexibility index (Phi) is 7.03. The van der Waals surface area contributed by atoms with Crippen LogP contribution in [0, 0.1) is 0 Å². The topological polar surface area (TPSA) is 30.3 Å². The second-order valence-electron chi connectivity index (χ2n) is 9.47. The van der Waals surface area contributed by atoms with Gasteiger partial charge in [0.05, 0.1) is 11.8 Å². The van der Waals surface area contributed by atoms with Crippen molar-refractivity contribution in [1.82, 2.24) is 14.5 Å². The molecule has 3 aromatic rings. The molecule has 0 amide bonds. The van der Waals surface area contributed by atoms with Crippen LogP contribution in [0.15, 0.2) is 66.9 Å². The molecule has 0 saturated carbocycles. The number of fused-ring (bicyclic) bond motifs is 2. The number of rotatable bonds is 7. The first-order valence-corrected chi connectivity index (χ1v) is 12.5. The summed E-state index contributed by atoms with van der Waals surface area (Å²) in [6.45, 7) is 3.16. The van der Waals surface area contributed by atoms with Crippen LogP contribution >= 0.6 is 0 Å². The Morgan fingerprint density at radius 3 is 2.64 bits per heavy atom. The van der Waals surface area contributed by atoms with Crippen LogP contribution in [0.2, 0.25) is 0 Å². The van der Waals surface area contributed by atoms with E-state index in [2.05, 4.69) is 89.5 Å². The molecule has 5 rings (SSSR count). The third kappa shape index (κ3) is 5.45. The van der Waals surface area contributed by atoms with E-state index in [9.17, 15) is 0 Å². The van der Waals surface area contributed by atoms with Gasteiger partial charge >= 0.3 is 0 Å². The number of imidazole rings is 1. The second-order valence-corrected chi connectivity index (χ2v) is 9.47. The average molecular weight is 442 g/mol. The Balaban J connectivity index is 1.30. The van der Waals surface area contributed by atoms with Crippen molar-refractivity contribution in [3.05, 3.63) is 95.1 Å². The van der Waals surface area contributed by atoms with Gasteiger partial charge in [0, 0.05) is 25.8 Å². The van der Waals surface area contributed by atoms with E-state index in [1.54, 1.807) is 0 Å². The van der Waals surface area contributed by atoms with Gasteiger partial charge in [-0.25, -0.2) is 4.98 Å². The van der Waals surface area contributed by atoms with Crippen molar-refractivity contribution in [2.75, 3.05) is 20.1 Å². The van der Waals surface area contributed by atoms with E-state index in [1.807, 2.05) is 0 Å². The summed E-state index contributed by atoms with van der Waals surface area (Å²) in [5, 5.41) is 0. The van der Waals surface area contributed by atoms with Crippen molar-refractivity contribution in [2.45, 2.75) is 57.3 Å². The van der Waals surface area contributed by atoms with Crippen molar-refractivity contribution in [2.24, 2.45) is 0 Å². The van der Waals surface area contributed by atoms with Crippen LogP contribution in [0.1, 0.15) is 60.0 Å².